The lowest BCUT2D eigenvalue weighted by molar-refractivity contribution is -0.130. The minimum absolute atomic E-state index is 0.0721. The molecule has 2 aromatic rings. The van der Waals surface area contributed by atoms with Crippen molar-refractivity contribution in [1.82, 2.24) is 4.90 Å². The van der Waals surface area contributed by atoms with Gasteiger partial charge in [0.25, 0.3) is 5.91 Å². The number of aliphatic hydroxyl groups excluding tert-OH is 2. The second kappa shape index (κ2) is 10.6. The molecule has 1 aliphatic rings. The number of rotatable bonds is 10. The Morgan fingerprint density at radius 2 is 1.88 bits per heavy atom. The predicted octanol–water partition coefficient (Wildman–Crippen LogP) is 2.39. The van der Waals surface area contributed by atoms with E-state index >= 15 is 0 Å². The van der Waals surface area contributed by atoms with E-state index in [2.05, 4.69) is 0 Å². The van der Waals surface area contributed by atoms with Gasteiger partial charge in [0, 0.05) is 6.54 Å². The van der Waals surface area contributed by atoms with E-state index in [9.17, 15) is 19.8 Å². The first-order chi connectivity index (χ1) is 15.5. The van der Waals surface area contributed by atoms with E-state index in [4.69, 9.17) is 14.6 Å². The number of ketones is 1. The molecule has 3 N–H and O–H groups in total. The van der Waals surface area contributed by atoms with Gasteiger partial charge in [0.05, 0.1) is 38.5 Å². The number of phenolic OH excluding ortho intramolecular Hbond substituents is 1. The van der Waals surface area contributed by atoms with Crippen LogP contribution in [0.25, 0.3) is 6.08 Å². The summed E-state index contributed by atoms with van der Waals surface area (Å²) in [5.74, 6) is -1.78. The van der Waals surface area contributed by atoms with E-state index in [1.165, 1.54) is 30.2 Å². The number of amides is 1. The smallest absolute Gasteiger partial charge is 0.290 e. The third-order valence-corrected chi connectivity index (χ3v) is 5.03. The van der Waals surface area contributed by atoms with E-state index in [0.717, 1.165) is 5.56 Å². The van der Waals surface area contributed by atoms with Crippen molar-refractivity contribution in [1.29, 1.82) is 0 Å². The molecule has 8 nitrogen and oxygen atoms in total. The average molecular weight is 439 g/mol. The second-order valence-corrected chi connectivity index (χ2v) is 7.04. The van der Waals surface area contributed by atoms with E-state index in [-0.39, 0.29) is 43.4 Å². The van der Waals surface area contributed by atoms with Gasteiger partial charge in [-0.05, 0) is 29.3 Å². The molecule has 0 fully saturated rings. The van der Waals surface area contributed by atoms with Gasteiger partial charge >= 0.3 is 0 Å². The summed E-state index contributed by atoms with van der Waals surface area (Å²) in [6.45, 7) is 0.122. The van der Waals surface area contributed by atoms with Crippen LogP contribution in [0.15, 0.2) is 65.9 Å². The van der Waals surface area contributed by atoms with Crippen molar-refractivity contribution in [3.63, 3.8) is 0 Å². The van der Waals surface area contributed by atoms with Gasteiger partial charge in [0.1, 0.15) is 0 Å². The Labute approximate surface area is 185 Å². The maximum atomic E-state index is 13.1. The molecule has 8 heteroatoms. The van der Waals surface area contributed by atoms with Crippen LogP contribution in [-0.4, -0.2) is 65.4 Å². The number of allylic oxidation sites excluding steroid dienone is 1. The third kappa shape index (κ3) is 4.99. The van der Waals surface area contributed by atoms with Crippen LogP contribution in [0, 0.1) is 0 Å². The van der Waals surface area contributed by atoms with Crippen LogP contribution in [0.4, 0.5) is 0 Å². The van der Waals surface area contributed by atoms with Gasteiger partial charge in [-0.3, -0.25) is 9.59 Å². The summed E-state index contributed by atoms with van der Waals surface area (Å²) in [5.41, 5.74) is 1.20. The zero-order valence-corrected chi connectivity index (χ0v) is 17.6. The maximum absolute atomic E-state index is 13.1. The number of ether oxygens (including phenoxy) is 2. The third-order valence-electron chi connectivity index (χ3n) is 5.03. The summed E-state index contributed by atoms with van der Waals surface area (Å²) in [6.07, 6.45) is 2.92. The summed E-state index contributed by atoms with van der Waals surface area (Å²) in [5, 5.41) is 29.4. The van der Waals surface area contributed by atoms with Crippen LogP contribution in [0.1, 0.15) is 17.2 Å². The summed E-state index contributed by atoms with van der Waals surface area (Å²) >= 11 is 0. The highest BCUT2D eigenvalue weighted by atomic mass is 16.5. The van der Waals surface area contributed by atoms with Gasteiger partial charge in [0.15, 0.2) is 23.0 Å². The highest BCUT2D eigenvalue weighted by Gasteiger charge is 2.42. The van der Waals surface area contributed by atoms with E-state index in [1.807, 2.05) is 30.3 Å². The Morgan fingerprint density at radius 3 is 2.56 bits per heavy atom. The van der Waals surface area contributed by atoms with Crippen LogP contribution < -0.4 is 4.74 Å². The fourth-order valence-corrected chi connectivity index (χ4v) is 3.50. The molecule has 1 atom stereocenters. The van der Waals surface area contributed by atoms with Gasteiger partial charge in [-0.25, -0.2) is 0 Å². The Hall–Kier alpha value is -3.62. The fraction of sp³-hybridized carbons (Fsp3) is 0.250. The highest BCUT2D eigenvalue weighted by molar-refractivity contribution is 6.14. The molecule has 1 amide bonds. The summed E-state index contributed by atoms with van der Waals surface area (Å²) in [6, 6.07) is 12.7. The number of benzene rings is 2. The average Bonchev–Trinajstić information content (AvgIpc) is 3.06. The first-order valence-electron chi connectivity index (χ1n) is 10.0. The van der Waals surface area contributed by atoms with Crippen molar-refractivity contribution < 1.29 is 34.4 Å². The number of hydrogen-bond donors (Lipinski definition) is 3. The SMILES string of the molecule is COc1cc(C2C(C(=O)/C=C/c3ccccc3)=C(O)C(=O)N2CCOCCO)ccc1O. The second-order valence-electron chi connectivity index (χ2n) is 7.04. The number of aromatic hydroxyl groups is 1. The largest absolute Gasteiger partial charge is 0.504 e. The van der Waals surface area contributed by atoms with Crippen LogP contribution >= 0.6 is 0 Å². The molecule has 0 aliphatic carbocycles. The van der Waals surface area contributed by atoms with Crippen molar-refractivity contribution in [2.45, 2.75) is 6.04 Å². The summed E-state index contributed by atoms with van der Waals surface area (Å²) < 4.78 is 10.4. The fourth-order valence-electron chi connectivity index (χ4n) is 3.50. The first-order valence-corrected chi connectivity index (χ1v) is 10.0. The topological polar surface area (TPSA) is 117 Å². The van der Waals surface area contributed by atoms with Crippen LogP contribution in [0.3, 0.4) is 0 Å². The molecule has 1 unspecified atom stereocenters. The summed E-state index contributed by atoms with van der Waals surface area (Å²) in [7, 11) is 1.39. The lowest BCUT2D eigenvalue weighted by Gasteiger charge is -2.27. The first kappa shape index (κ1) is 23.1. The molecule has 168 valence electrons. The minimum Gasteiger partial charge on any atom is -0.504 e. The molecule has 0 saturated carbocycles. The summed E-state index contributed by atoms with van der Waals surface area (Å²) in [4.78, 5) is 27.2. The molecule has 0 aromatic heterocycles. The van der Waals surface area contributed by atoms with Crippen LogP contribution in [-0.2, 0) is 14.3 Å². The van der Waals surface area contributed by atoms with Crippen molar-refractivity contribution in [3.8, 4) is 11.5 Å². The standard InChI is InChI=1S/C24H25NO7/c1-31-20-15-17(8-10-18(20)27)22-21(19(28)9-7-16-5-3-2-4-6-16)23(29)24(30)25(22)11-13-32-14-12-26/h2-10,15,22,26-27,29H,11-14H2,1H3/b9-7+. The lowest BCUT2D eigenvalue weighted by atomic mass is 9.95. The number of methoxy groups -OCH3 is 1. The highest BCUT2D eigenvalue weighted by Crippen LogP contribution is 2.40. The normalized spacial score (nSPS) is 16.2. The van der Waals surface area contributed by atoms with Crippen molar-refractivity contribution in [2.24, 2.45) is 0 Å². The zero-order valence-electron chi connectivity index (χ0n) is 17.6. The Morgan fingerprint density at radius 1 is 1.12 bits per heavy atom. The van der Waals surface area contributed by atoms with Crippen LogP contribution in [0.5, 0.6) is 11.5 Å². The van der Waals surface area contributed by atoms with Crippen LogP contribution in [0.2, 0.25) is 0 Å². The Bertz CT molecular complexity index is 1030. The molecular formula is C24H25NO7. The van der Waals surface area contributed by atoms with E-state index in [0.29, 0.717) is 5.56 Å². The van der Waals surface area contributed by atoms with Gasteiger partial charge in [-0.1, -0.05) is 42.5 Å². The van der Waals surface area contributed by atoms with Crippen molar-refractivity contribution in [2.75, 3.05) is 33.5 Å². The molecule has 2 aromatic carbocycles. The molecule has 1 aliphatic heterocycles. The molecule has 0 spiro atoms. The molecule has 32 heavy (non-hydrogen) atoms. The van der Waals surface area contributed by atoms with Gasteiger partial charge in [0.2, 0.25) is 0 Å². The van der Waals surface area contributed by atoms with E-state index in [1.54, 1.807) is 12.1 Å². The number of carbonyl (C=O) groups is 2. The molecular weight excluding hydrogens is 414 g/mol. The minimum atomic E-state index is -0.900. The van der Waals surface area contributed by atoms with E-state index < -0.39 is 23.5 Å². The maximum Gasteiger partial charge on any atom is 0.290 e. The number of aliphatic hydroxyl groups is 2. The predicted molar refractivity (Wildman–Crippen MR) is 117 cm³/mol. The Balaban J connectivity index is 1.97. The van der Waals surface area contributed by atoms with Crippen molar-refractivity contribution in [3.05, 3.63) is 77.1 Å². The van der Waals surface area contributed by atoms with Crippen molar-refractivity contribution >= 4 is 17.8 Å². The Kier molecular flexibility index (Phi) is 7.64. The molecule has 0 saturated heterocycles. The molecule has 0 radical (unpaired) electrons. The lowest BCUT2D eigenvalue weighted by Crippen LogP contribution is -2.34. The van der Waals surface area contributed by atoms with Gasteiger partial charge < -0.3 is 29.7 Å². The van der Waals surface area contributed by atoms with Gasteiger partial charge in [-0.15, -0.1) is 0 Å². The van der Waals surface area contributed by atoms with Gasteiger partial charge in [-0.2, -0.15) is 0 Å². The number of nitrogens with zero attached hydrogens (tertiary/aromatic N) is 1. The molecule has 1 heterocycles. The molecule has 0 bridgehead atoms. The number of phenols is 1. The zero-order chi connectivity index (χ0) is 23.1. The number of hydrogen-bond acceptors (Lipinski definition) is 7. The monoisotopic (exact) mass is 439 g/mol. The molecule has 3 rings (SSSR count). The number of carbonyl (C=O) groups excluding carboxylic acids is 2. The quantitative estimate of drug-likeness (QED) is 0.384.